The number of amides is 3. The van der Waals surface area contributed by atoms with Crippen molar-refractivity contribution >= 4 is 64.6 Å². The summed E-state index contributed by atoms with van der Waals surface area (Å²) >= 11 is 14.5. The molecule has 14 heteroatoms. The average molecular weight is 532 g/mol. The van der Waals surface area contributed by atoms with Gasteiger partial charge in [-0.3, -0.25) is 9.59 Å². The molecule has 10 nitrogen and oxygen atoms in total. The van der Waals surface area contributed by atoms with Crippen LogP contribution in [-0.4, -0.2) is 67.6 Å². The first-order valence-electron chi connectivity index (χ1n) is 9.75. The van der Waals surface area contributed by atoms with Gasteiger partial charge in [-0.15, -0.1) is 22.0 Å². The first-order chi connectivity index (χ1) is 15.7. The molecule has 1 aromatic carbocycles. The van der Waals surface area contributed by atoms with E-state index in [0.717, 1.165) is 11.8 Å². The van der Waals surface area contributed by atoms with Gasteiger partial charge in [-0.05, 0) is 17.7 Å². The SMILES string of the molecule is Cc1nnc(SCC2(C(=O)O)CS[C@@H]3C(NC(=O)NCc4ccc(Cl)cc4Cl)C(=O)N3C2)o1. The maximum atomic E-state index is 12.7. The number of carbonyl (C=O) groups excluding carboxylic acids is 2. The number of urea groups is 1. The largest absolute Gasteiger partial charge is 0.481 e. The maximum Gasteiger partial charge on any atom is 0.315 e. The highest BCUT2D eigenvalue weighted by molar-refractivity contribution is 8.00. The summed E-state index contributed by atoms with van der Waals surface area (Å²) in [5.74, 6) is -0.483. The van der Waals surface area contributed by atoms with Crippen molar-refractivity contribution in [3.05, 3.63) is 39.7 Å². The van der Waals surface area contributed by atoms with Crippen LogP contribution in [0.4, 0.5) is 4.79 Å². The van der Waals surface area contributed by atoms with E-state index in [1.165, 1.54) is 16.7 Å². The first kappa shape index (κ1) is 24.0. The van der Waals surface area contributed by atoms with Crippen molar-refractivity contribution in [2.75, 3.05) is 18.1 Å². The lowest BCUT2D eigenvalue weighted by Crippen LogP contribution is -2.74. The van der Waals surface area contributed by atoms with Crippen LogP contribution in [0.25, 0.3) is 0 Å². The van der Waals surface area contributed by atoms with E-state index in [-0.39, 0.29) is 41.1 Å². The third kappa shape index (κ3) is 5.03. The Kier molecular flexibility index (Phi) is 6.99. The highest BCUT2D eigenvalue weighted by Crippen LogP contribution is 2.44. The van der Waals surface area contributed by atoms with Crippen LogP contribution in [-0.2, 0) is 16.1 Å². The standard InChI is InChI=1S/C19H19Cl2N5O5S2/c1-9-24-25-18(31-9)33-8-19(16(28)29)6-26-14(27)13(15(26)32-7-19)23-17(30)22-5-10-2-3-11(20)4-12(10)21/h2-4,13,15H,5-8H2,1H3,(H,28,29)(H2,22,23,30)/t13?,15-,19?/m1/s1. The predicted molar refractivity (Wildman–Crippen MR) is 123 cm³/mol. The van der Waals surface area contributed by atoms with E-state index in [0.29, 0.717) is 21.5 Å². The van der Waals surface area contributed by atoms with Gasteiger partial charge in [0.15, 0.2) is 0 Å². The van der Waals surface area contributed by atoms with Gasteiger partial charge in [0.1, 0.15) is 16.8 Å². The Bertz CT molecular complexity index is 1100. The van der Waals surface area contributed by atoms with Crippen LogP contribution in [0.2, 0.25) is 10.0 Å². The minimum Gasteiger partial charge on any atom is -0.481 e. The second kappa shape index (κ2) is 9.61. The molecule has 3 amide bonds. The van der Waals surface area contributed by atoms with Gasteiger partial charge in [-0.25, -0.2) is 4.79 Å². The summed E-state index contributed by atoms with van der Waals surface area (Å²) < 4.78 is 5.30. The molecule has 33 heavy (non-hydrogen) atoms. The van der Waals surface area contributed by atoms with Crippen molar-refractivity contribution in [2.45, 2.75) is 30.1 Å². The van der Waals surface area contributed by atoms with E-state index in [2.05, 4.69) is 20.8 Å². The van der Waals surface area contributed by atoms with Crippen molar-refractivity contribution in [3.8, 4) is 0 Å². The zero-order valence-electron chi connectivity index (χ0n) is 17.2. The lowest BCUT2D eigenvalue weighted by Gasteiger charge is -2.53. The number of hydrogen-bond acceptors (Lipinski definition) is 8. The fourth-order valence-electron chi connectivity index (χ4n) is 3.48. The number of aromatic nitrogens is 2. The predicted octanol–water partition coefficient (Wildman–Crippen LogP) is 2.63. The molecule has 2 unspecified atom stereocenters. The Morgan fingerprint density at radius 1 is 1.39 bits per heavy atom. The second-order valence-electron chi connectivity index (χ2n) is 7.67. The molecule has 2 fully saturated rings. The summed E-state index contributed by atoms with van der Waals surface area (Å²) in [6, 6.07) is 3.71. The molecule has 4 rings (SSSR count). The number of carboxylic acid groups (broad SMARTS) is 1. The zero-order valence-corrected chi connectivity index (χ0v) is 20.4. The van der Waals surface area contributed by atoms with E-state index in [9.17, 15) is 19.5 Å². The number of nitrogens with zero attached hydrogens (tertiary/aromatic N) is 3. The minimum atomic E-state index is -1.16. The molecule has 0 bridgehead atoms. The van der Waals surface area contributed by atoms with Crippen LogP contribution >= 0.6 is 46.7 Å². The van der Waals surface area contributed by atoms with Gasteiger partial charge < -0.3 is 25.1 Å². The number of fused-ring (bicyclic) bond motifs is 1. The fourth-order valence-corrected chi connectivity index (χ4v) is 6.62. The van der Waals surface area contributed by atoms with Gasteiger partial charge in [0.05, 0.1) is 0 Å². The lowest BCUT2D eigenvalue weighted by atomic mass is 9.89. The van der Waals surface area contributed by atoms with Crippen molar-refractivity contribution in [2.24, 2.45) is 5.41 Å². The summed E-state index contributed by atoms with van der Waals surface area (Å²) in [7, 11) is 0. The Hall–Kier alpha value is -2.15. The van der Waals surface area contributed by atoms with Crippen molar-refractivity contribution in [3.63, 3.8) is 0 Å². The van der Waals surface area contributed by atoms with Crippen molar-refractivity contribution in [1.82, 2.24) is 25.7 Å². The average Bonchev–Trinajstić information content (AvgIpc) is 3.20. The lowest BCUT2D eigenvalue weighted by molar-refractivity contribution is -0.156. The molecule has 0 spiro atoms. The number of carbonyl (C=O) groups is 3. The number of aryl methyl sites for hydroxylation is 1. The van der Waals surface area contributed by atoms with Gasteiger partial charge in [0, 0.05) is 41.6 Å². The molecular weight excluding hydrogens is 513 g/mol. The van der Waals surface area contributed by atoms with Crippen molar-refractivity contribution in [1.29, 1.82) is 0 Å². The minimum absolute atomic E-state index is 0.0408. The van der Waals surface area contributed by atoms with Gasteiger partial charge in [-0.1, -0.05) is 41.0 Å². The number of carboxylic acids is 1. The zero-order chi connectivity index (χ0) is 23.8. The highest BCUT2D eigenvalue weighted by Gasteiger charge is 2.57. The molecule has 3 heterocycles. The van der Waals surface area contributed by atoms with E-state index < -0.39 is 23.5 Å². The molecular formula is C19H19Cl2N5O5S2. The molecule has 2 aromatic rings. The molecule has 1 aromatic heterocycles. The van der Waals surface area contributed by atoms with Gasteiger partial charge >= 0.3 is 12.0 Å². The van der Waals surface area contributed by atoms with Crippen LogP contribution in [0, 0.1) is 12.3 Å². The molecule has 2 saturated heterocycles. The Labute approximate surface area is 207 Å². The first-order valence-corrected chi connectivity index (χ1v) is 12.5. The van der Waals surface area contributed by atoms with Gasteiger partial charge in [0.25, 0.3) is 5.22 Å². The van der Waals surface area contributed by atoms with Gasteiger partial charge in [-0.2, -0.15) is 0 Å². The molecule has 2 aliphatic rings. The summed E-state index contributed by atoms with van der Waals surface area (Å²) in [5, 5.41) is 23.7. The summed E-state index contributed by atoms with van der Waals surface area (Å²) in [6.45, 7) is 1.86. The molecule has 176 valence electrons. The summed E-state index contributed by atoms with van der Waals surface area (Å²) in [5.41, 5.74) is -0.479. The third-order valence-corrected chi connectivity index (χ3v) is 8.60. The number of β-lactam (4-membered cyclic amide) rings is 1. The molecule has 0 saturated carbocycles. The number of nitrogens with one attached hydrogen (secondary N) is 2. The number of hydrogen-bond donors (Lipinski definition) is 3. The van der Waals surface area contributed by atoms with Crippen LogP contribution in [0.1, 0.15) is 11.5 Å². The highest BCUT2D eigenvalue weighted by atomic mass is 35.5. The summed E-state index contributed by atoms with van der Waals surface area (Å²) in [4.78, 5) is 38.6. The molecule has 2 aliphatic heterocycles. The smallest absolute Gasteiger partial charge is 0.315 e. The second-order valence-corrected chi connectivity index (χ2v) is 10.5. The summed E-state index contributed by atoms with van der Waals surface area (Å²) in [6.07, 6.45) is 0. The van der Waals surface area contributed by atoms with E-state index in [1.807, 2.05) is 0 Å². The van der Waals surface area contributed by atoms with Crippen LogP contribution in [0.15, 0.2) is 27.8 Å². The molecule has 3 N–H and O–H groups in total. The molecule has 0 radical (unpaired) electrons. The normalized spacial score (nSPS) is 24.1. The third-order valence-electron chi connectivity index (χ3n) is 5.32. The molecule has 0 aliphatic carbocycles. The maximum absolute atomic E-state index is 12.7. The van der Waals surface area contributed by atoms with Crippen LogP contribution < -0.4 is 10.6 Å². The fraction of sp³-hybridized carbons (Fsp3) is 0.421. The Balaban J connectivity index is 1.32. The number of thioether (sulfide) groups is 2. The topological polar surface area (TPSA) is 138 Å². The number of benzene rings is 1. The van der Waals surface area contributed by atoms with Crippen molar-refractivity contribution < 1.29 is 23.9 Å². The number of halogens is 2. The quantitative estimate of drug-likeness (QED) is 0.363. The van der Waals surface area contributed by atoms with E-state index in [1.54, 1.807) is 25.1 Å². The van der Waals surface area contributed by atoms with Gasteiger partial charge in [0.2, 0.25) is 11.8 Å². The van der Waals surface area contributed by atoms with E-state index >= 15 is 0 Å². The number of aliphatic carboxylic acids is 1. The molecule has 3 atom stereocenters. The van der Waals surface area contributed by atoms with Crippen LogP contribution in [0.3, 0.4) is 0 Å². The Morgan fingerprint density at radius 3 is 2.85 bits per heavy atom. The van der Waals surface area contributed by atoms with E-state index in [4.69, 9.17) is 27.6 Å². The number of rotatable bonds is 7. The monoisotopic (exact) mass is 531 g/mol. The Morgan fingerprint density at radius 2 is 2.18 bits per heavy atom. The van der Waals surface area contributed by atoms with Crippen LogP contribution in [0.5, 0.6) is 0 Å².